The molecule has 6 nitrogen and oxygen atoms in total. The number of carbonyl (C=O) groups excluding carboxylic acids is 1. The highest BCUT2D eigenvalue weighted by atomic mass is 16.5. The van der Waals surface area contributed by atoms with Gasteiger partial charge in [-0.25, -0.2) is 4.98 Å². The van der Waals surface area contributed by atoms with Gasteiger partial charge in [-0.1, -0.05) is 18.2 Å². The molecule has 3 aromatic rings. The van der Waals surface area contributed by atoms with Crippen LogP contribution >= 0.6 is 0 Å². The molecule has 5 rings (SSSR count). The van der Waals surface area contributed by atoms with Gasteiger partial charge in [-0.05, 0) is 50.2 Å². The highest BCUT2D eigenvalue weighted by Crippen LogP contribution is 2.36. The Labute approximate surface area is 163 Å². The summed E-state index contributed by atoms with van der Waals surface area (Å²) in [4.78, 5) is 21.9. The van der Waals surface area contributed by atoms with Gasteiger partial charge in [-0.15, -0.1) is 0 Å². The van der Waals surface area contributed by atoms with Gasteiger partial charge in [0, 0.05) is 31.4 Å². The topological polar surface area (TPSA) is 58.8 Å². The van der Waals surface area contributed by atoms with E-state index in [9.17, 15) is 4.79 Å². The van der Waals surface area contributed by atoms with Crippen molar-refractivity contribution < 1.29 is 13.9 Å². The van der Waals surface area contributed by atoms with Gasteiger partial charge in [-0.3, -0.25) is 4.79 Å². The lowest BCUT2D eigenvalue weighted by Gasteiger charge is -2.26. The van der Waals surface area contributed by atoms with E-state index in [4.69, 9.17) is 9.15 Å². The second-order valence-electron chi connectivity index (χ2n) is 7.63. The zero-order chi connectivity index (χ0) is 19.1. The quantitative estimate of drug-likeness (QED) is 0.505. The summed E-state index contributed by atoms with van der Waals surface area (Å²) in [5, 5.41) is 0. The Morgan fingerprint density at radius 1 is 1.07 bits per heavy atom. The van der Waals surface area contributed by atoms with Gasteiger partial charge in [0.25, 0.3) is 0 Å². The monoisotopic (exact) mass is 377 g/mol. The summed E-state index contributed by atoms with van der Waals surface area (Å²) in [6.07, 6.45) is 1.68. The van der Waals surface area contributed by atoms with Gasteiger partial charge in [0.05, 0.1) is 0 Å². The standard InChI is InChI=1S/C22H23N3O3/c1-24-9-4-10-25(12-11-24)16-8-7-15-13-17(22(26)28-20(15)14-16)21-23-18-5-2-3-6-19(18)27-21/h2-3,5-8,14,17H,4,9-13H2,1H3. The van der Waals surface area contributed by atoms with Crippen molar-refractivity contribution in [2.24, 2.45) is 0 Å². The highest BCUT2D eigenvalue weighted by molar-refractivity contribution is 5.83. The number of oxazole rings is 1. The first-order chi connectivity index (χ1) is 13.7. The maximum Gasteiger partial charge on any atom is 0.324 e. The van der Waals surface area contributed by atoms with Crippen LogP contribution in [0.1, 0.15) is 23.8 Å². The Bertz CT molecular complexity index is 996. The van der Waals surface area contributed by atoms with E-state index in [2.05, 4.69) is 34.0 Å². The third-order valence-electron chi connectivity index (χ3n) is 5.66. The average Bonchev–Trinajstić information content (AvgIpc) is 3.01. The maximum absolute atomic E-state index is 12.7. The average molecular weight is 377 g/mol. The molecule has 2 aromatic carbocycles. The highest BCUT2D eigenvalue weighted by Gasteiger charge is 2.34. The summed E-state index contributed by atoms with van der Waals surface area (Å²) in [7, 11) is 2.16. The van der Waals surface area contributed by atoms with E-state index in [1.54, 1.807) is 0 Å². The van der Waals surface area contributed by atoms with Crippen LogP contribution in [0.4, 0.5) is 5.69 Å². The van der Waals surface area contributed by atoms with E-state index in [1.165, 1.54) is 0 Å². The van der Waals surface area contributed by atoms with Crippen LogP contribution in [0.25, 0.3) is 11.1 Å². The van der Waals surface area contributed by atoms with Crippen LogP contribution in [0.15, 0.2) is 46.9 Å². The molecule has 3 heterocycles. The number of hydrogen-bond donors (Lipinski definition) is 0. The number of ether oxygens (including phenoxy) is 1. The first kappa shape index (κ1) is 17.3. The summed E-state index contributed by atoms with van der Waals surface area (Å²) in [5.41, 5.74) is 3.58. The SMILES string of the molecule is CN1CCCN(c2ccc3c(c2)OC(=O)C(c2nc4ccccc4o2)C3)CC1. The molecule has 0 bridgehead atoms. The molecule has 0 aliphatic carbocycles. The van der Waals surface area contributed by atoms with E-state index in [-0.39, 0.29) is 5.97 Å². The van der Waals surface area contributed by atoms with Gasteiger partial charge in [0.2, 0.25) is 5.89 Å². The third kappa shape index (κ3) is 3.14. The third-order valence-corrected chi connectivity index (χ3v) is 5.66. The van der Waals surface area contributed by atoms with Crippen LogP contribution in [-0.2, 0) is 11.2 Å². The Morgan fingerprint density at radius 3 is 2.86 bits per heavy atom. The van der Waals surface area contributed by atoms with Crippen LogP contribution in [0.5, 0.6) is 5.75 Å². The molecule has 144 valence electrons. The number of anilines is 1. The largest absolute Gasteiger partial charge is 0.440 e. The zero-order valence-corrected chi connectivity index (χ0v) is 15.9. The molecular formula is C22H23N3O3. The van der Waals surface area contributed by atoms with E-state index in [1.807, 2.05) is 30.3 Å². The molecule has 28 heavy (non-hydrogen) atoms. The minimum Gasteiger partial charge on any atom is -0.440 e. The van der Waals surface area contributed by atoms with Gasteiger partial charge >= 0.3 is 5.97 Å². The molecule has 0 radical (unpaired) electrons. The summed E-state index contributed by atoms with van der Waals surface area (Å²) >= 11 is 0. The van der Waals surface area contributed by atoms with Crippen LogP contribution < -0.4 is 9.64 Å². The number of para-hydroxylation sites is 2. The van der Waals surface area contributed by atoms with Crippen LogP contribution in [0.2, 0.25) is 0 Å². The second-order valence-corrected chi connectivity index (χ2v) is 7.63. The van der Waals surface area contributed by atoms with E-state index < -0.39 is 5.92 Å². The van der Waals surface area contributed by atoms with Crippen LogP contribution in [0.3, 0.4) is 0 Å². The van der Waals surface area contributed by atoms with Crippen molar-refractivity contribution in [3.8, 4) is 5.75 Å². The molecule has 1 unspecified atom stereocenters. The lowest BCUT2D eigenvalue weighted by atomic mass is 9.95. The van der Waals surface area contributed by atoms with Crippen molar-refractivity contribution in [3.05, 3.63) is 53.9 Å². The normalized spacial score (nSPS) is 20.7. The minimum atomic E-state index is -0.502. The van der Waals surface area contributed by atoms with Gasteiger partial charge in [0.1, 0.15) is 17.2 Å². The molecule has 6 heteroatoms. The van der Waals surface area contributed by atoms with Gasteiger partial charge in [0.15, 0.2) is 5.58 Å². The molecule has 1 fully saturated rings. The second kappa shape index (κ2) is 6.95. The molecular weight excluding hydrogens is 354 g/mol. The van der Waals surface area contributed by atoms with Crippen LogP contribution in [0, 0.1) is 0 Å². The Balaban J connectivity index is 1.40. The number of aromatic nitrogens is 1. The number of nitrogens with zero attached hydrogens (tertiary/aromatic N) is 3. The predicted molar refractivity (Wildman–Crippen MR) is 107 cm³/mol. The Hall–Kier alpha value is -2.86. The van der Waals surface area contributed by atoms with E-state index in [0.29, 0.717) is 23.6 Å². The molecule has 2 aliphatic heterocycles. The molecule has 0 saturated carbocycles. The first-order valence-electron chi connectivity index (χ1n) is 9.81. The fourth-order valence-corrected chi connectivity index (χ4v) is 4.02. The lowest BCUT2D eigenvalue weighted by Crippen LogP contribution is -2.29. The number of fused-ring (bicyclic) bond motifs is 2. The number of rotatable bonds is 2. The van der Waals surface area contributed by atoms with E-state index in [0.717, 1.165) is 49.4 Å². The van der Waals surface area contributed by atoms with Crippen molar-refractivity contribution >= 4 is 22.8 Å². The molecule has 1 aromatic heterocycles. The maximum atomic E-state index is 12.7. The number of likely N-dealkylation sites (N-methyl/N-ethyl adjacent to an activating group) is 1. The summed E-state index contributed by atoms with van der Waals surface area (Å²) in [6.45, 7) is 4.15. The Kier molecular flexibility index (Phi) is 4.28. The van der Waals surface area contributed by atoms with Crippen molar-refractivity contribution in [2.45, 2.75) is 18.8 Å². The van der Waals surface area contributed by atoms with Crippen molar-refractivity contribution in [1.29, 1.82) is 0 Å². The first-order valence-corrected chi connectivity index (χ1v) is 9.81. The molecule has 1 saturated heterocycles. The van der Waals surface area contributed by atoms with Crippen LogP contribution in [-0.4, -0.2) is 49.1 Å². The lowest BCUT2D eigenvalue weighted by molar-refractivity contribution is -0.137. The Morgan fingerprint density at radius 2 is 1.96 bits per heavy atom. The fourth-order valence-electron chi connectivity index (χ4n) is 4.02. The summed E-state index contributed by atoms with van der Waals surface area (Å²) in [6, 6.07) is 13.8. The number of hydrogen-bond acceptors (Lipinski definition) is 6. The number of benzene rings is 2. The predicted octanol–water partition coefficient (Wildman–Crippen LogP) is 3.22. The van der Waals surface area contributed by atoms with E-state index >= 15 is 0 Å². The fraction of sp³-hybridized carbons (Fsp3) is 0.364. The molecule has 0 N–H and O–H groups in total. The van der Waals surface area contributed by atoms with Crippen molar-refractivity contribution in [1.82, 2.24) is 9.88 Å². The minimum absolute atomic E-state index is 0.299. The molecule has 1 atom stereocenters. The van der Waals surface area contributed by atoms with Gasteiger partial charge in [-0.2, -0.15) is 0 Å². The number of esters is 1. The summed E-state index contributed by atoms with van der Waals surface area (Å²) in [5.74, 6) is 0.285. The number of carbonyl (C=O) groups is 1. The summed E-state index contributed by atoms with van der Waals surface area (Å²) < 4.78 is 11.5. The van der Waals surface area contributed by atoms with Crippen molar-refractivity contribution in [3.63, 3.8) is 0 Å². The molecule has 0 spiro atoms. The smallest absolute Gasteiger partial charge is 0.324 e. The molecule has 2 aliphatic rings. The van der Waals surface area contributed by atoms with Gasteiger partial charge < -0.3 is 19.0 Å². The molecule has 0 amide bonds. The van der Waals surface area contributed by atoms with Crippen molar-refractivity contribution in [2.75, 3.05) is 38.1 Å². The zero-order valence-electron chi connectivity index (χ0n) is 15.9.